The van der Waals surface area contributed by atoms with Crippen LogP contribution in [0.25, 0.3) is 0 Å². The van der Waals surface area contributed by atoms with Crippen LogP contribution in [0.5, 0.6) is 11.5 Å². The van der Waals surface area contributed by atoms with E-state index < -0.39 is 5.91 Å². The third-order valence-electron chi connectivity index (χ3n) is 3.76. The molecule has 0 spiro atoms. The van der Waals surface area contributed by atoms with Crippen LogP contribution in [0.3, 0.4) is 0 Å². The number of ether oxygens (including phenoxy) is 2. The molecule has 0 saturated carbocycles. The first-order chi connectivity index (χ1) is 12.7. The molecular weight excluding hydrogens is 332 g/mol. The Morgan fingerprint density at radius 3 is 2.12 bits per heavy atom. The van der Waals surface area contributed by atoms with Gasteiger partial charge in [-0.1, -0.05) is 49.4 Å². The van der Waals surface area contributed by atoms with Crippen molar-refractivity contribution in [2.45, 2.75) is 26.2 Å². The van der Waals surface area contributed by atoms with Crippen LogP contribution in [0.2, 0.25) is 0 Å². The number of amides is 2. The number of rotatable bonds is 8. The summed E-state index contributed by atoms with van der Waals surface area (Å²) in [5.41, 5.74) is 5.75. The number of hydrazine groups is 1. The normalized spacial score (nSPS) is 11.3. The molecule has 0 saturated heterocycles. The second-order valence-corrected chi connectivity index (χ2v) is 5.58. The lowest BCUT2D eigenvalue weighted by Gasteiger charge is -2.16. The van der Waals surface area contributed by atoms with E-state index in [0.29, 0.717) is 24.5 Å². The largest absolute Gasteiger partial charge is 0.490 e. The first kappa shape index (κ1) is 19.3. The van der Waals surface area contributed by atoms with Crippen LogP contribution >= 0.6 is 0 Å². The Morgan fingerprint density at radius 1 is 0.885 bits per heavy atom. The van der Waals surface area contributed by atoms with Gasteiger partial charge in [0.25, 0.3) is 5.91 Å². The molecule has 1 unspecified atom stereocenters. The molecule has 0 heterocycles. The van der Waals surface area contributed by atoms with Gasteiger partial charge in [-0.3, -0.25) is 20.4 Å². The summed E-state index contributed by atoms with van der Waals surface area (Å²) in [4.78, 5) is 24.3. The molecule has 2 N–H and O–H groups in total. The topological polar surface area (TPSA) is 76.7 Å². The lowest BCUT2D eigenvalue weighted by Crippen LogP contribution is -2.45. The van der Waals surface area contributed by atoms with E-state index in [1.54, 1.807) is 18.2 Å². The highest BCUT2D eigenvalue weighted by Gasteiger charge is 2.19. The number of carbonyl (C=O) groups excluding carboxylic acids is 2. The van der Waals surface area contributed by atoms with E-state index in [2.05, 4.69) is 10.9 Å². The third kappa shape index (κ3) is 5.51. The van der Waals surface area contributed by atoms with Crippen molar-refractivity contribution in [2.75, 3.05) is 13.2 Å². The number of para-hydroxylation sites is 2. The Balaban J connectivity index is 1.84. The molecule has 0 bridgehead atoms. The van der Waals surface area contributed by atoms with Crippen LogP contribution in [-0.4, -0.2) is 25.0 Å². The molecule has 6 heteroatoms. The van der Waals surface area contributed by atoms with Gasteiger partial charge in [0.05, 0.1) is 12.5 Å². The van der Waals surface area contributed by atoms with Gasteiger partial charge in [0.15, 0.2) is 18.1 Å². The molecule has 2 rings (SSSR count). The summed E-state index contributed by atoms with van der Waals surface area (Å²) < 4.78 is 10.9. The maximum atomic E-state index is 12.3. The molecule has 2 amide bonds. The fourth-order valence-electron chi connectivity index (χ4n) is 2.50. The third-order valence-corrected chi connectivity index (χ3v) is 3.76. The Hall–Kier alpha value is -3.02. The molecule has 0 aliphatic rings. The van der Waals surface area contributed by atoms with E-state index >= 15 is 0 Å². The van der Waals surface area contributed by atoms with Gasteiger partial charge in [-0.15, -0.1) is 0 Å². The predicted molar refractivity (Wildman–Crippen MR) is 98.9 cm³/mol. The van der Waals surface area contributed by atoms with Crippen molar-refractivity contribution in [1.82, 2.24) is 10.9 Å². The summed E-state index contributed by atoms with van der Waals surface area (Å²) in [6.07, 6.45) is 0.629. The van der Waals surface area contributed by atoms with Crippen molar-refractivity contribution in [1.29, 1.82) is 0 Å². The zero-order valence-corrected chi connectivity index (χ0v) is 15.0. The number of hydrogen-bond donors (Lipinski definition) is 2. The van der Waals surface area contributed by atoms with Gasteiger partial charge in [-0.25, -0.2) is 0 Å². The van der Waals surface area contributed by atoms with Gasteiger partial charge >= 0.3 is 0 Å². The fourth-order valence-corrected chi connectivity index (χ4v) is 2.50. The van der Waals surface area contributed by atoms with Crippen molar-refractivity contribution in [3.05, 3.63) is 60.2 Å². The molecule has 138 valence electrons. The Kier molecular flexibility index (Phi) is 7.49. The van der Waals surface area contributed by atoms with Crippen molar-refractivity contribution in [2.24, 2.45) is 0 Å². The lowest BCUT2D eigenvalue weighted by molar-refractivity contribution is -0.130. The Morgan fingerprint density at radius 2 is 1.50 bits per heavy atom. The van der Waals surface area contributed by atoms with Gasteiger partial charge in [0.1, 0.15) is 0 Å². The lowest BCUT2D eigenvalue weighted by atomic mass is 9.96. The summed E-state index contributed by atoms with van der Waals surface area (Å²) in [6.45, 7) is 4.07. The molecule has 2 aromatic carbocycles. The number of hydrogen-bond acceptors (Lipinski definition) is 4. The van der Waals surface area contributed by atoms with E-state index in [9.17, 15) is 9.59 Å². The highest BCUT2D eigenvalue weighted by Crippen LogP contribution is 2.26. The SMILES string of the molecule is CCOc1ccccc1OCC(=O)NNC(=O)C(CC)c1ccccc1. The highest BCUT2D eigenvalue weighted by molar-refractivity contribution is 5.86. The molecule has 6 nitrogen and oxygen atoms in total. The smallest absolute Gasteiger partial charge is 0.276 e. The number of carbonyl (C=O) groups is 2. The molecule has 26 heavy (non-hydrogen) atoms. The summed E-state index contributed by atoms with van der Waals surface area (Å²) >= 11 is 0. The van der Waals surface area contributed by atoms with E-state index in [-0.39, 0.29) is 18.4 Å². The van der Waals surface area contributed by atoms with Crippen molar-refractivity contribution < 1.29 is 19.1 Å². The quantitative estimate of drug-likeness (QED) is 0.713. The summed E-state index contributed by atoms with van der Waals surface area (Å²) in [5, 5.41) is 0. The molecule has 0 aromatic heterocycles. The van der Waals surface area contributed by atoms with E-state index in [1.165, 1.54) is 0 Å². The zero-order valence-electron chi connectivity index (χ0n) is 15.0. The minimum Gasteiger partial charge on any atom is -0.490 e. The van der Waals surface area contributed by atoms with E-state index in [0.717, 1.165) is 5.56 Å². The predicted octanol–water partition coefficient (Wildman–Crippen LogP) is 2.81. The molecule has 1 atom stereocenters. The molecular formula is C20H24N2O4. The van der Waals surface area contributed by atoms with Crippen LogP contribution < -0.4 is 20.3 Å². The second kappa shape index (κ2) is 10.1. The second-order valence-electron chi connectivity index (χ2n) is 5.58. The van der Waals surface area contributed by atoms with Crippen molar-refractivity contribution >= 4 is 11.8 Å². The van der Waals surface area contributed by atoms with Crippen molar-refractivity contribution in [3.63, 3.8) is 0 Å². The molecule has 2 aromatic rings. The average molecular weight is 356 g/mol. The minimum atomic E-state index is -0.451. The first-order valence-corrected chi connectivity index (χ1v) is 8.64. The van der Waals surface area contributed by atoms with E-state index in [1.807, 2.05) is 50.2 Å². The van der Waals surface area contributed by atoms with Crippen molar-refractivity contribution in [3.8, 4) is 11.5 Å². The van der Waals surface area contributed by atoms with Gasteiger partial charge in [-0.05, 0) is 31.0 Å². The Labute approximate surface area is 153 Å². The van der Waals surface area contributed by atoms with Crippen LogP contribution in [0.4, 0.5) is 0 Å². The van der Waals surface area contributed by atoms with Crippen LogP contribution in [0, 0.1) is 0 Å². The van der Waals surface area contributed by atoms with Gasteiger partial charge in [-0.2, -0.15) is 0 Å². The summed E-state index contributed by atoms with van der Waals surface area (Å²) in [6, 6.07) is 16.6. The molecule has 0 aliphatic carbocycles. The van der Waals surface area contributed by atoms with E-state index in [4.69, 9.17) is 9.47 Å². The average Bonchev–Trinajstić information content (AvgIpc) is 2.67. The number of benzene rings is 2. The van der Waals surface area contributed by atoms with Crippen LogP contribution in [-0.2, 0) is 9.59 Å². The highest BCUT2D eigenvalue weighted by atomic mass is 16.5. The van der Waals surface area contributed by atoms with Crippen LogP contribution in [0.15, 0.2) is 54.6 Å². The van der Waals surface area contributed by atoms with Gasteiger partial charge < -0.3 is 9.47 Å². The minimum absolute atomic E-state index is 0.230. The zero-order chi connectivity index (χ0) is 18.8. The Bertz CT molecular complexity index is 719. The molecule has 0 aliphatic heterocycles. The number of nitrogens with one attached hydrogen (secondary N) is 2. The standard InChI is InChI=1S/C20H24N2O4/c1-3-16(15-10-6-5-7-11-15)20(24)22-21-19(23)14-26-18-13-9-8-12-17(18)25-4-2/h5-13,16H,3-4,14H2,1-2H3,(H,21,23)(H,22,24). The van der Waals surface area contributed by atoms with Gasteiger partial charge in [0, 0.05) is 0 Å². The molecule has 0 fully saturated rings. The fraction of sp³-hybridized carbons (Fsp3) is 0.300. The van der Waals surface area contributed by atoms with Gasteiger partial charge in [0.2, 0.25) is 5.91 Å². The van der Waals surface area contributed by atoms with Crippen LogP contribution in [0.1, 0.15) is 31.7 Å². The monoisotopic (exact) mass is 356 g/mol. The first-order valence-electron chi connectivity index (χ1n) is 8.64. The summed E-state index contributed by atoms with van der Waals surface area (Å²) in [5.74, 6) is 0.0129. The maximum Gasteiger partial charge on any atom is 0.276 e. The summed E-state index contributed by atoms with van der Waals surface area (Å²) in [7, 11) is 0. The maximum absolute atomic E-state index is 12.3. The molecule has 0 radical (unpaired) electrons.